The quantitative estimate of drug-likeness (QED) is 0.632. The molecule has 3 saturated carbocycles. The van der Waals surface area contributed by atoms with Gasteiger partial charge in [0.05, 0.1) is 0 Å². The maximum absolute atomic E-state index is 5.82. The molecule has 0 heterocycles. The molecule has 0 radical (unpaired) electrons. The van der Waals surface area contributed by atoms with Crippen LogP contribution in [-0.2, 0) is 0 Å². The number of hydrogen-bond donors (Lipinski definition) is 1. The van der Waals surface area contributed by atoms with Crippen LogP contribution in [0.3, 0.4) is 0 Å². The molecule has 0 saturated heterocycles. The van der Waals surface area contributed by atoms with Gasteiger partial charge in [-0.2, -0.15) is 0 Å². The molecule has 0 spiro atoms. The highest BCUT2D eigenvalue weighted by Gasteiger charge is 2.63. The summed E-state index contributed by atoms with van der Waals surface area (Å²) < 4.78 is 0. The first-order valence-corrected chi connectivity index (χ1v) is 5.46. The lowest BCUT2D eigenvalue weighted by Crippen LogP contribution is -2.47. The summed E-state index contributed by atoms with van der Waals surface area (Å²) in [7, 11) is 0. The van der Waals surface area contributed by atoms with E-state index in [1.165, 1.54) is 25.7 Å². The van der Waals surface area contributed by atoms with Crippen molar-refractivity contribution in [1.29, 1.82) is 0 Å². The summed E-state index contributed by atoms with van der Waals surface area (Å²) in [6, 6.07) is 0. The Kier molecular flexibility index (Phi) is 1.27. The Bertz CT molecular complexity index is 195. The third-order valence-electron chi connectivity index (χ3n) is 5.20. The first-order valence-electron chi connectivity index (χ1n) is 5.46. The van der Waals surface area contributed by atoms with Gasteiger partial charge in [-0.15, -0.1) is 0 Å². The molecule has 12 heavy (non-hydrogen) atoms. The van der Waals surface area contributed by atoms with Gasteiger partial charge < -0.3 is 5.73 Å². The van der Waals surface area contributed by atoms with E-state index in [1.54, 1.807) is 0 Å². The third-order valence-corrected chi connectivity index (χ3v) is 5.20. The van der Waals surface area contributed by atoms with E-state index in [4.69, 9.17) is 5.73 Å². The molecule has 3 rings (SSSR count). The van der Waals surface area contributed by atoms with Gasteiger partial charge in [-0.1, -0.05) is 6.92 Å². The second kappa shape index (κ2) is 2.06. The second-order valence-corrected chi connectivity index (χ2v) is 5.48. The summed E-state index contributed by atoms with van der Waals surface area (Å²) in [5.74, 6) is 4.07. The summed E-state index contributed by atoms with van der Waals surface area (Å²) >= 11 is 0. The molecule has 0 aromatic carbocycles. The Hall–Kier alpha value is -0.0400. The van der Waals surface area contributed by atoms with Crippen LogP contribution in [0.1, 0.15) is 32.6 Å². The molecular formula is C11H19N. The van der Waals surface area contributed by atoms with Crippen molar-refractivity contribution in [3.63, 3.8) is 0 Å². The molecular weight excluding hydrogens is 146 g/mol. The second-order valence-electron chi connectivity index (χ2n) is 5.48. The fourth-order valence-electron chi connectivity index (χ4n) is 4.64. The maximum Gasteiger partial charge on any atom is -0.00433 e. The van der Waals surface area contributed by atoms with Crippen LogP contribution in [-0.4, -0.2) is 6.54 Å². The molecule has 3 fully saturated rings. The van der Waals surface area contributed by atoms with E-state index >= 15 is 0 Å². The monoisotopic (exact) mass is 165 g/mol. The number of nitrogens with two attached hydrogens (primary N) is 1. The van der Waals surface area contributed by atoms with Crippen LogP contribution in [0.15, 0.2) is 0 Å². The van der Waals surface area contributed by atoms with Crippen LogP contribution >= 0.6 is 0 Å². The van der Waals surface area contributed by atoms with Crippen molar-refractivity contribution >= 4 is 0 Å². The van der Waals surface area contributed by atoms with Gasteiger partial charge in [0, 0.05) is 0 Å². The van der Waals surface area contributed by atoms with Crippen molar-refractivity contribution in [2.75, 3.05) is 6.54 Å². The van der Waals surface area contributed by atoms with Crippen LogP contribution in [0.25, 0.3) is 0 Å². The molecule has 0 bridgehead atoms. The van der Waals surface area contributed by atoms with Gasteiger partial charge in [0.2, 0.25) is 0 Å². The fourth-order valence-corrected chi connectivity index (χ4v) is 4.64. The van der Waals surface area contributed by atoms with E-state index in [0.29, 0.717) is 0 Å². The van der Waals surface area contributed by atoms with Crippen LogP contribution in [0.5, 0.6) is 0 Å². The average Bonchev–Trinajstić information content (AvgIpc) is 2.37. The van der Waals surface area contributed by atoms with Crippen molar-refractivity contribution in [3.8, 4) is 0 Å². The van der Waals surface area contributed by atoms with E-state index in [-0.39, 0.29) is 0 Å². The van der Waals surface area contributed by atoms with Gasteiger partial charge in [0.1, 0.15) is 0 Å². The fraction of sp³-hybridized carbons (Fsp3) is 1.00. The Morgan fingerprint density at radius 2 is 1.83 bits per heavy atom. The summed E-state index contributed by atoms with van der Waals surface area (Å²) in [5.41, 5.74) is 6.57. The first-order chi connectivity index (χ1) is 5.76. The van der Waals surface area contributed by atoms with Gasteiger partial charge >= 0.3 is 0 Å². The molecule has 4 unspecified atom stereocenters. The molecule has 5 atom stereocenters. The molecule has 1 heteroatoms. The number of hydrogen-bond acceptors (Lipinski definition) is 1. The molecule has 68 valence electrons. The zero-order chi connectivity index (χ0) is 8.34. The van der Waals surface area contributed by atoms with Crippen LogP contribution in [0, 0.1) is 29.1 Å². The Labute approximate surface area is 74.7 Å². The van der Waals surface area contributed by atoms with Crippen molar-refractivity contribution in [3.05, 3.63) is 0 Å². The van der Waals surface area contributed by atoms with Crippen LogP contribution in [0.4, 0.5) is 0 Å². The van der Waals surface area contributed by atoms with E-state index in [0.717, 1.165) is 35.6 Å². The van der Waals surface area contributed by atoms with Crippen LogP contribution < -0.4 is 5.73 Å². The predicted molar refractivity (Wildman–Crippen MR) is 49.6 cm³/mol. The third kappa shape index (κ3) is 0.618. The summed E-state index contributed by atoms with van der Waals surface area (Å²) in [6.45, 7) is 3.48. The van der Waals surface area contributed by atoms with E-state index in [9.17, 15) is 0 Å². The van der Waals surface area contributed by atoms with Crippen molar-refractivity contribution in [2.45, 2.75) is 32.6 Å². The smallest absolute Gasteiger partial charge is 0.00433 e. The lowest BCUT2D eigenvalue weighted by atomic mass is 9.57. The van der Waals surface area contributed by atoms with E-state index in [1.807, 2.05) is 0 Å². The topological polar surface area (TPSA) is 26.0 Å². The van der Waals surface area contributed by atoms with Gasteiger partial charge in [-0.05, 0) is 61.3 Å². The lowest BCUT2D eigenvalue weighted by molar-refractivity contribution is -0.00232. The molecule has 3 aliphatic rings. The van der Waals surface area contributed by atoms with Crippen LogP contribution in [0.2, 0.25) is 0 Å². The highest BCUT2D eigenvalue weighted by Crippen LogP contribution is 2.70. The van der Waals surface area contributed by atoms with Crippen molar-refractivity contribution < 1.29 is 0 Å². The predicted octanol–water partition coefficient (Wildman–Crippen LogP) is 2.02. The minimum Gasteiger partial charge on any atom is -0.330 e. The summed E-state index contributed by atoms with van der Waals surface area (Å²) in [4.78, 5) is 0. The maximum atomic E-state index is 5.82. The first kappa shape index (κ1) is 7.37. The molecule has 0 amide bonds. The largest absolute Gasteiger partial charge is 0.330 e. The van der Waals surface area contributed by atoms with Gasteiger partial charge in [-0.3, -0.25) is 0 Å². The normalized spacial score (nSPS) is 61.5. The summed E-state index contributed by atoms with van der Waals surface area (Å²) in [6.07, 6.45) is 5.96. The standard InChI is InChI=1S/C11H19N/c1-11-4-2-7-9(6-12)8(3-5-11)10(7)11/h7-10H,2-6,12H2,1H3/t7-,8?,9?,10?,11?/m1/s1. The van der Waals surface area contributed by atoms with E-state index < -0.39 is 0 Å². The zero-order valence-electron chi connectivity index (χ0n) is 7.92. The zero-order valence-corrected chi connectivity index (χ0v) is 7.92. The van der Waals surface area contributed by atoms with Gasteiger partial charge in [0.25, 0.3) is 0 Å². The van der Waals surface area contributed by atoms with Gasteiger partial charge in [-0.25, -0.2) is 0 Å². The van der Waals surface area contributed by atoms with Crippen molar-refractivity contribution in [1.82, 2.24) is 0 Å². The van der Waals surface area contributed by atoms with Gasteiger partial charge in [0.15, 0.2) is 0 Å². The SMILES string of the molecule is CC12CCC3C(CN)[C@@H](CC1)C32. The minimum atomic E-state index is 0.751. The van der Waals surface area contributed by atoms with E-state index in [2.05, 4.69) is 6.92 Å². The Morgan fingerprint density at radius 1 is 1.25 bits per heavy atom. The highest BCUT2D eigenvalue weighted by molar-refractivity contribution is 5.12. The molecule has 3 aliphatic carbocycles. The highest BCUT2D eigenvalue weighted by atomic mass is 14.7. The number of rotatable bonds is 1. The Morgan fingerprint density at radius 3 is 2.33 bits per heavy atom. The molecule has 0 aromatic heterocycles. The summed E-state index contributed by atoms with van der Waals surface area (Å²) in [5, 5.41) is 0. The minimum absolute atomic E-state index is 0.751. The average molecular weight is 165 g/mol. The Balaban J connectivity index is 1.90. The van der Waals surface area contributed by atoms with Crippen molar-refractivity contribution in [2.24, 2.45) is 34.8 Å². The molecule has 0 aliphatic heterocycles. The lowest BCUT2D eigenvalue weighted by Gasteiger charge is -2.48. The molecule has 0 aromatic rings. The molecule has 2 N–H and O–H groups in total. The molecule has 1 nitrogen and oxygen atoms in total.